The molecule has 1 amide bonds. The zero-order chi connectivity index (χ0) is 15.8. The number of rotatable bonds is 2. The lowest BCUT2D eigenvalue weighted by atomic mass is 10.1. The summed E-state index contributed by atoms with van der Waals surface area (Å²) in [6.45, 7) is 3.32. The quantitative estimate of drug-likeness (QED) is 0.718. The summed E-state index contributed by atoms with van der Waals surface area (Å²) in [5.41, 5.74) is 2.73. The number of carbonyl (C=O) groups excluding carboxylic acids is 1. The Hall–Kier alpha value is -2.12. The smallest absolute Gasteiger partial charge is 0.254 e. The summed E-state index contributed by atoms with van der Waals surface area (Å²) >= 11 is 3.28. The minimum atomic E-state index is 0.0532. The molecule has 0 atom stereocenters. The van der Waals surface area contributed by atoms with E-state index in [1.54, 1.807) is 47.2 Å². The fourth-order valence-corrected chi connectivity index (χ4v) is 4.37. The van der Waals surface area contributed by atoms with Gasteiger partial charge in [-0.1, -0.05) is 0 Å². The van der Waals surface area contributed by atoms with Crippen LogP contribution in [0.15, 0.2) is 29.9 Å². The van der Waals surface area contributed by atoms with Gasteiger partial charge >= 0.3 is 0 Å². The van der Waals surface area contributed by atoms with Gasteiger partial charge in [-0.2, -0.15) is 0 Å². The molecule has 0 aromatic carbocycles. The van der Waals surface area contributed by atoms with Gasteiger partial charge in [0.05, 0.1) is 17.2 Å². The van der Waals surface area contributed by atoms with Crippen molar-refractivity contribution in [2.45, 2.75) is 19.9 Å². The molecule has 3 aromatic heterocycles. The van der Waals surface area contributed by atoms with Crippen LogP contribution in [0.25, 0.3) is 10.7 Å². The zero-order valence-corrected chi connectivity index (χ0v) is 14.2. The van der Waals surface area contributed by atoms with Gasteiger partial charge in [0.2, 0.25) is 0 Å². The van der Waals surface area contributed by atoms with E-state index < -0.39 is 0 Å². The highest BCUT2D eigenvalue weighted by molar-refractivity contribution is 7.15. The van der Waals surface area contributed by atoms with Crippen molar-refractivity contribution >= 4 is 28.6 Å². The third-order valence-corrected chi connectivity index (χ3v) is 5.66. The summed E-state index contributed by atoms with van der Waals surface area (Å²) in [6.07, 6.45) is 4.10. The van der Waals surface area contributed by atoms with E-state index in [0.717, 1.165) is 27.8 Å². The number of amides is 1. The predicted molar refractivity (Wildman–Crippen MR) is 90.6 cm³/mol. The van der Waals surface area contributed by atoms with Crippen molar-refractivity contribution in [2.24, 2.45) is 0 Å². The van der Waals surface area contributed by atoms with Crippen LogP contribution in [0, 0.1) is 6.92 Å². The van der Waals surface area contributed by atoms with Gasteiger partial charge in [-0.15, -0.1) is 22.7 Å². The molecule has 0 N–H and O–H groups in total. The van der Waals surface area contributed by atoms with E-state index in [1.807, 2.05) is 17.2 Å². The average Bonchev–Trinajstić information content (AvgIpc) is 3.20. The second-order valence-electron chi connectivity index (χ2n) is 5.35. The van der Waals surface area contributed by atoms with Crippen LogP contribution in [0.4, 0.5) is 0 Å². The first-order chi connectivity index (χ1) is 11.2. The third-order valence-electron chi connectivity index (χ3n) is 3.78. The van der Waals surface area contributed by atoms with Gasteiger partial charge in [0.25, 0.3) is 5.91 Å². The standard InChI is InChI=1S/C16H14N4OS2/c1-10-18-13(9-22-10)15-19-12-4-7-20(8-14(12)23-15)16(21)11-2-5-17-6-3-11/h2-3,5-6,9H,4,7-8H2,1H3. The van der Waals surface area contributed by atoms with Gasteiger partial charge in [0, 0.05) is 41.2 Å². The molecular weight excluding hydrogens is 328 g/mol. The fraction of sp³-hybridized carbons (Fsp3) is 0.250. The third kappa shape index (κ3) is 2.77. The van der Waals surface area contributed by atoms with E-state index in [-0.39, 0.29) is 5.91 Å². The van der Waals surface area contributed by atoms with Gasteiger partial charge in [-0.05, 0) is 19.1 Å². The van der Waals surface area contributed by atoms with Gasteiger partial charge < -0.3 is 4.90 Å². The first-order valence-electron chi connectivity index (χ1n) is 7.31. The molecule has 23 heavy (non-hydrogen) atoms. The molecule has 0 spiro atoms. The van der Waals surface area contributed by atoms with E-state index in [4.69, 9.17) is 4.98 Å². The Bertz CT molecular complexity index is 856. The van der Waals surface area contributed by atoms with Crippen molar-refractivity contribution < 1.29 is 4.79 Å². The summed E-state index contributed by atoms with van der Waals surface area (Å²) in [6, 6.07) is 3.52. The number of pyridine rings is 1. The van der Waals surface area contributed by atoms with Gasteiger partial charge in [0.1, 0.15) is 10.7 Å². The first kappa shape index (κ1) is 14.5. The van der Waals surface area contributed by atoms with Crippen molar-refractivity contribution in [3.8, 4) is 10.7 Å². The number of carbonyl (C=O) groups is 1. The predicted octanol–water partition coefficient (Wildman–Crippen LogP) is 3.17. The Morgan fingerprint density at radius 3 is 2.83 bits per heavy atom. The first-order valence-corrected chi connectivity index (χ1v) is 9.01. The number of aryl methyl sites for hydroxylation is 1. The van der Waals surface area contributed by atoms with Gasteiger partial charge in [0.15, 0.2) is 0 Å². The molecule has 1 aliphatic rings. The second-order valence-corrected chi connectivity index (χ2v) is 7.50. The lowest BCUT2D eigenvalue weighted by Crippen LogP contribution is -2.35. The monoisotopic (exact) mass is 342 g/mol. The Balaban J connectivity index is 1.58. The summed E-state index contributed by atoms with van der Waals surface area (Å²) in [5, 5.41) is 4.04. The van der Waals surface area contributed by atoms with Crippen molar-refractivity contribution in [1.82, 2.24) is 19.9 Å². The maximum atomic E-state index is 12.6. The minimum Gasteiger partial charge on any atom is -0.333 e. The van der Waals surface area contributed by atoms with E-state index in [0.29, 0.717) is 18.7 Å². The van der Waals surface area contributed by atoms with Crippen molar-refractivity contribution in [2.75, 3.05) is 6.54 Å². The fourth-order valence-electron chi connectivity index (χ4n) is 2.62. The van der Waals surface area contributed by atoms with Crippen LogP contribution in [0.3, 0.4) is 0 Å². The molecule has 1 aliphatic heterocycles. The van der Waals surface area contributed by atoms with Crippen LogP contribution in [0.2, 0.25) is 0 Å². The highest BCUT2D eigenvalue weighted by atomic mass is 32.1. The van der Waals surface area contributed by atoms with Crippen LogP contribution in [0.1, 0.15) is 25.9 Å². The zero-order valence-electron chi connectivity index (χ0n) is 12.5. The number of fused-ring (bicyclic) bond motifs is 1. The number of thiazole rings is 2. The lowest BCUT2D eigenvalue weighted by molar-refractivity contribution is 0.0736. The molecule has 116 valence electrons. The van der Waals surface area contributed by atoms with E-state index in [9.17, 15) is 4.79 Å². The normalized spacial score (nSPS) is 13.9. The topological polar surface area (TPSA) is 59.0 Å². The van der Waals surface area contributed by atoms with Crippen molar-refractivity contribution in [3.63, 3.8) is 0 Å². The Morgan fingerprint density at radius 2 is 2.09 bits per heavy atom. The molecule has 0 fully saturated rings. The van der Waals surface area contributed by atoms with E-state index >= 15 is 0 Å². The molecule has 0 radical (unpaired) electrons. The van der Waals surface area contributed by atoms with Crippen LogP contribution in [-0.2, 0) is 13.0 Å². The van der Waals surface area contributed by atoms with Crippen LogP contribution >= 0.6 is 22.7 Å². The molecule has 5 nitrogen and oxygen atoms in total. The Kier molecular flexibility index (Phi) is 3.66. The molecule has 3 aromatic rings. The Labute approximate surface area is 141 Å². The van der Waals surface area contributed by atoms with Gasteiger partial charge in [-0.3, -0.25) is 9.78 Å². The van der Waals surface area contributed by atoms with Crippen LogP contribution in [-0.4, -0.2) is 32.3 Å². The van der Waals surface area contributed by atoms with E-state index in [1.165, 1.54) is 4.88 Å². The maximum Gasteiger partial charge on any atom is 0.254 e. The molecule has 0 unspecified atom stereocenters. The molecule has 0 saturated carbocycles. The number of nitrogens with zero attached hydrogens (tertiary/aromatic N) is 4. The molecule has 4 heterocycles. The summed E-state index contributed by atoms with van der Waals surface area (Å²) in [5.74, 6) is 0.0532. The molecular formula is C16H14N4OS2. The molecule has 0 aliphatic carbocycles. The highest BCUT2D eigenvalue weighted by Gasteiger charge is 2.25. The molecule has 7 heteroatoms. The number of hydrogen-bond donors (Lipinski definition) is 0. The summed E-state index contributed by atoms with van der Waals surface area (Å²) < 4.78 is 0. The van der Waals surface area contributed by atoms with Gasteiger partial charge in [-0.25, -0.2) is 9.97 Å². The minimum absolute atomic E-state index is 0.0532. The number of aromatic nitrogens is 3. The maximum absolute atomic E-state index is 12.6. The average molecular weight is 342 g/mol. The molecule has 0 bridgehead atoms. The van der Waals surface area contributed by atoms with E-state index in [2.05, 4.69) is 9.97 Å². The largest absolute Gasteiger partial charge is 0.333 e. The SMILES string of the molecule is Cc1nc(-c2nc3c(s2)CN(C(=O)c2ccncc2)CC3)cs1. The summed E-state index contributed by atoms with van der Waals surface area (Å²) in [4.78, 5) is 28.8. The molecule has 0 saturated heterocycles. The molecule has 4 rings (SSSR count). The summed E-state index contributed by atoms with van der Waals surface area (Å²) in [7, 11) is 0. The lowest BCUT2D eigenvalue weighted by Gasteiger charge is -2.26. The highest BCUT2D eigenvalue weighted by Crippen LogP contribution is 2.32. The number of hydrogen-bond acceptors (Lipinski definition) is 6. The van der Waals surface area contributed by atoms with Crippen LogP contribution in [0.5, 0.6) is 0 Å². The van der Waals surface area contributed by atoms with Crippen LogP contribution < -0.4 is 0 Å². The Morgan fingerprint density at radius 1 is 1.26 bits per heavy atom. The van der Waals surface area contributed by atoms with Crippen molar-refractivity contribution in [1.29, 1.82) is 0 Å². The van der Waals surface area contributed by atoms with Crippen molar-refractivity contribution in [3.05, 3.63) is 51.0 Å². The second kappa shape index (κ2) is 5.82.